The maximum atomic E-state index is 12.9. The lowest BCUT2D eigenvalue weighted by Gasteiger charge is -2.27. The highest BCUT2D eigenvalue weighted by molar-refractivity contribution is 5.82. The lowest BCUT2D eigenvalue weighted by Crippen LogP contribution is -2.48. The number of aliphatic carboxylic acids is 1. The summed E-state index contributed by atoms with van der Waals surface area (Å²) in [4.78, 5) is 23.6. The highest BCUT2D eigenvalue weighted by atomic mass is 19.4. The summed E-state index contributed by atoms with van der Waals surface area (Å²) in [5.74, 6) is -2.58. The lowest BCUT2D eigenvalue weighted by molar-refractivity contribution is -0.227. The Labute approximate surface area is 114 Å². The summed E-state index contributed by atoms with van der Waals surface area (Å²) in [6, 6.07) is 0. The predicted octanol–water partition coefficient (Wildman–Crippen LogP) is 1.67. The Bertz CT molecular complexity index is 402. The van der Waals surface area contributed by atoms with Gasteiger partial charge in [0.1, 0.15) is 6.61 Å². The van der Waals surface area contributed by atoms with E-state index in [1.807, 2.05) is 0 Å². The molecule has 1 aliphatic rings. The van der Waals surface area contributed by atoms with Crippen molar-refractivity contribution in [3.63, 3.8) is 0 Å². The number of carboxylic acid groups (broad SMARTS) is 1. The zero-order valence-corrected chi connectivity index (χ0v) is 11.6. The van der Waals surface area contributed by atoms with Gasteiger partial charge in [-0.15, -0.1) is 0 Å². The zero-order valence-electron chi connectivity index (χ0n) is 11.6. The molecule has 0 bridgehead atoms. The fourth-order valence-corrected chi connectivity index (χ4v) is 1.92. The molecule has 1 unspecified atom stereocenters. The van der Waals surface area contributed by atoms with E-state index < -0.39 is 42.0 Å². The van der Waals surface area contributed by atoms with Crippen molar-refractivity contribution in [1.29, 1.82) is 0 Å². The minimum atomic E-state index is -4.89. The molecule has 0 aliphatic carbocycles. The van der Waals surface area contributed by atoms with Crippen LogP contribution in [0.2, 0.25) is 0 Å². The van der Waals surface area contributed by atoms with Crippen LogP contribution in [-0.4, -0.2) is 53.4 Å². The van der Waals surface area contributed by atoms with Crippen molar-refractivity contribution in [2.75, 3.05) is 19.7 Å². The number of carbonyl (C=O) groups excluding carboxylic acids is 1. The fraction of sp³-hybridized carbons (Fsp3) is 0.833. The van der Waals surface area contributed by atoms with Gasteiger partial charge in [-0.3, -0.25) is 9.59 Å². The van der Waals surface area contributed by atoms with E-state index in [1.54, 1.807) is 20.8 Å². The average Bonchev–Trinajstić information content (AvgIpc) is 2.70. The Hall–Kier alpha value is -1.31. The third-order valence-corrected chi connectivity index (χ3v) is 3.20. The van der Waals surface area contributed by atoms with Crippen LogP contribution in [0.15, 0.2) is 0 Å². The maximum absolute atomic E-state index is 12.9. The summed E-state index contributed by atoms with van der Waals surface area (Å²) >= 11 is 0. The topological polar surface area (TPSA) is 66.8 Å². The van der Waals surface area contributed by atoms with Crippen LogP contribution in [0.5, 0.6) is 0 Å². The monoisotopic (exact) mass is 297 g/mol. The summed E-state index contributed by atoms with van der Waals surface area (Å²) < 4.78 is 44.0. The molecule has 1 heterocycles. The van der Waals surface area contributed by atoms with Gasteiger partial charge in [-0.05, 0) is 27.2 Å². The molecule has 1 aliphatic heterocycles. The number of amides is 1. The van der Waals surface area contributed by atoms with Crippen LogP contribution < -0.4 is 0 Å². The fourth-order valence-electron chi connectivity index (χ4n) is 1.92. The number of alkyl halides is 3. The second kappa shape index (κ2) is 5.23. The molecule has 116 valence electrons. The summed E-state index contributed by atoms with van der Waals surface area (Å²) in [6.07, 6.45) is -5.52. The van der Waals surface area contributed by atoms with Gasteiger partial charge >= 0.3 is 12.1 Å². The van der Waals surface area contributed by atoms with Gasteiger partial charge in [-0.2, -0.15) is 13.2 Å². The molecule has 5 nitrogen and oxygen atoms in total. The molecule has 1 amide bonds. The quantitative estimate of drug-likeness (QED) is 0.860. The standard InChI is InChI=1S/C12H18F3NO4/c1-10(2,3)20-6-8(17)16-5-4-11(7-16,9(18)19)12(13,14)15/h4-7H2,1-3H3,(H,18,19). The molecule has 0 spiro atoms. The van der Waals surface area contributed by atoms with Gasteiger partial charge < -0.3 is 14.7 Å². The first-order chi connectivity index (χ1) is 8.89. The number of hydrogen-bond donors (Lipinski definition) is 1. The van der Waals surface area contributed by atoms with Crippen molar-refractivity contribution in [3.05, 3.63) is 0 Å². The van der Waals surface area contributed by atoms with Crippen LogP contribution in [0.25, 0.3) is 0 Å². The van der Waals surface area contributed by atoms with Crippen LogP contribution in [0.4, 0.5) is 13.2 Å². The molecule has 1 saturated heterocycles. The first kappa shape index (κ1) is 16.7. The van der Waals surface area contributed by atoms with Gasteiger partial charge in [-0.1, -0.05) is 0 Å². The molecule has 0 aromatic rings. The Morgan fingerprint density at radius 1 is 1.30 bits per heavy atom. The molecule has 0 radical (unpaired) electrons. The molecule has 1 atom stereocenters. The molecule has 20 heavy (non-hydrogen) atoms. The molecule has 0 saturated carbocycles. The minimum Gasteiger partial charge on any atom is -0.481 e. The van der Waals surface area contributed by atoms with Gasteiger partial charge in [0.25, 0.3) is 0 Å². The molecule has 1 fully saturated rings. The lowest BCUT2D eigenvalue weighted by atomic mass is 9.86. The maximum Gasteiger partial charge on any atom is 0.406 e. The van der Waals surface area contributed by atoms with Crippen LogP contribution in [0, 0.1) is 5.41 Å². The number of rotatable bonds is 3. The number of ether oxygens (including phenoxy) is 1. The third-order valence-electron chi connectivity index (χ3n) is 3.20. The smallest absolute Gasteiger partial charge is 0.406 e. The number of carboxylic acids is 1. The number of halogens is 3. The highest BCUT2D eigenvalue weighted by Gasteiger charge is 2.64. The summed E-state index contributed by atoms with van der Waals surface area (Å²) in [5, 5.41) is 8.87. The van der Waals surface area contributed by atoms with Crippen molar-refractivity contribution >= 4 is 11.9 Å². The van der Waals surface area contributed by atoms with Crippen molar-refractivity contribution < 1.29 is 32.6 Å². The van der Waals surface area contributed by atoms with E-state index in [-0.39, 0.29) is 13.2 Å². The van der Waals surface area contributed by atoms with Gasteiger partial charge in [0, 0.05) is 13.1 Å². The van der Waals surface area contributed by atoms with E-state index in [9.17, 15) is 22.8 Å². The molecule has 8 heteroatoms. The second-order valence-corrected chi connectivity index (χ2v) is 5.85. The largest absolute Gasteiger partial charge is 0.481 e. The van der Waals surface area contributed by atoms with Crippen LogP contribution >= 0.6 is 0 Å². The van der Waals surface area contributed by atoms with E-state index in [0.717, 1.165) is 4.90 Å². The Kier molecular flexibility index (Phi) is 4.38. The summed E-state index contributed by atoms with van der Waals surface area (Å²) in [6.45, 7) is 3.66. The van der Waals surface area contributed by atoms with E-state index in [2.05, 4.69) is 0 Å². The van der Waals surface area contributed by atoms with Crippen molar-refractivity contribution in [2.24, 2.45) is 5.41 Å². The van der Waals surface area contributed by atoms with E-state index in [1.165, 1.54) is 0 Å². The van der Waals surface area contributed by atoms with Crippen molar-refractivity contribution in [1.82, 2.24) is 4.90 Å². The second-order valence-electron chi connectivity index (χ2n) is 5.85. The van der Waals surface area contributed by atoms with Crippen LogP contribution in [0.3, 0.4) is 0 Å². The van der Waals surface area contributed by atoms with E-state index in [0.29, 0.717) is 0 Å². The molecule has 1 rings (SSSR count). The average molecular weight is 297 g/mol. The SMILES string of the molecule is CC(C)(C)OCC(=O)N1CCC(C(=O)O)(C(F)(F)F)C1. The number of nitrogens with zero attached hydrogens (tertiary/aromatic N) is 1. The highest BCUT2D eigenvalue weighted by Crippen LogP contribution is 2.45. The number of carbonyl (C=O) groups is 2. The minimum absolute atomic E-state index is 0.238. The first-order valence-corrected chi connectivity index (χ1v) is 6.11. The zero-order chi connectivity index (χ0) is 15.8. The predicted molar refractivity (Wildman–Crippen MR) is 63.0 cm³/mol. The first-order valence-electron chi connectivity index (χ1n) is 6.11. The van der Waals surface area contributed by atoms with Crippen LogP contribution in [-0.2, 0) is 14.3 Å². The van der Waals surface area contributed by atoms with E-state index >= 15 is 0 Å². The van der Waals surface area contributed by atoms with Gasteiger partial charge in [0.05, 0.1) is 5.60 Å². The third kappa shape index (κ3) is 3.41. The Morgan fingerprint density at radius 2 is 1.85 bits per heavy atom. The number of likely N-dealkylation sites (tertiary alicyclic amines) is 1. The molecular formula is C12H18F3NO4. The van der Waals surface area contributed by atoms with Gasteiger partial charge in [0.15, 0.2) is 5.41 Å². The Morgan fingerprint density at radius 3 is 2.20 bits per heavy atom. The van der Waals surface area contributed by atoms with Gasteiger partial charge in [-0.25, -0.2) is 0 Å². The molecule has 1 N–H and O–H groups in total. The summed E-state index contributed by atoms with van der Waals surface area (Å²) in [5.41, 5.74) is -3.46. The Balaban J connectivity index is 2.75. The normalized spacial score (nSPS) is 24.0. The molecule has 0 aromatic heterocycles. The van der Waals surface area contributed by atoms with Gasteiger partial charge in [0.2, 0.25) is 5.91 Å². The van der Waals surface area contributed by atoms with Crippen molar-refractivity contribution in [3.8, 4) is 0 Å². The van der Waals surface area contributed by atoms with E-state index in [4.69, 9.17) is 9.84 Å². The van der Waals surface area contributed by atoms with Crippen molar-refractivity contribution in [2.45, 2.75) is 39.0 Å². The van der Waals surface area contributed by atoms with Crippen LogP contribution in [0.1, 0.15) is 27.2 Å². The number of hydrogen-bond acceptors (Lipinski definition) is 3. The molecular weight excluding hydrogens is 279 g/mol. The summed E-state index contributed by atoms with van der Waals surface area (Å²) in [7, 11) is 0. The molecule has 0 aromatic carbocycles.